The van der Waals surface area contributed by atoms with Gasteiger partial charge in [-0.25, -0.2) is 0 Å². The fourth-order valence-electron chi connectivity index (χ4n) is 3.89. The molecule has 29 heavy (non-hydrogen) atoms. The zero-order chi connectivity index (χ0) is 21.3. The van der Waals surface area contributed by atoms with Gasteiger partial charge < -0.3 is 14.8 Å². The topological polar surface area (TPSA) is 102 Å². The van der Waals surface area contributed by atoms with Gasteiger partial charge in [-0.2, -0.15) is 0 Å². The predicted molar refractivity (Wildman–Crippen MR) is 103 cm³/mol. The molecule has 1 aliphatic heterocycles. The number of amides is 2. The monoisotopic (exact) mass is 404 g/mol. The summed E-state index contributed by atoms with van der Waals surface area (Å²) in [6.45, 7) is 5.76. The average molecular weight is 404 g/mol. The summed E-state index contributed by atoms with van der Waals surface area (Å²) in [7, 11) is 0. The summed E-state index contributed by atoms with van der Waals surface area (Å²) in [5.74, 6) is -2.70. The maximum absolute atomic E-state index is 13.2. The summed E-state index contributed by atoms with van der Waals surface area (Å²) in [5, 5.41) is 3.37. The van der Waals surface area contributed by atoms with Gasteiger partial charge in [0.15, 0.2) is 0 Å². The highest BCUT2D eigenvalue weighted by Gasteiger charge is 2.49. The van der Waals surface area contributed by atoms with E-state index in [2.05, 4.69) is 5.32 Å². The molecule has 0 bridgehead atoms. The maximum Gasteiger partial charge on any atom is 0.326 e. The van der Waals surface area contributed by atoms with E-state index in [4.69, 9.17) is 9.47 Å². The lowest BCUT2D eigenvalue weighted by atomic mass is 9.79. The fraction of sp³-hybridized carbons (Fsp3) is 0.619. The molecule has 1 heterocycles. The fourth-order valence-corrected chi connectivity index (χ4v) is 3.89. The Balaban J connectivity index is 1.81. The highest BCUT2D eigenvalue weighted by atomic mass is 16.6. The van der Waals surface area contributed by atoms with Crippen LogP contribution in [0.15, 0.2) is 23.6 Å². The van der Waals surface area contributed by atoms with Crippen molar-refractivity contribution >= 4 is 23.6 Å². The molecule has 1 saturated carbocycles. The first kappa shape index (κ1) is 21.1. The van der Waals surface area contributed by atoms with Crippen molar-refractivity contribution in [3.05, 3.63) is 23.6 Å². The molecule has 158 valence electrons. The largest absolute Gasteiger partial charge is 0.489 e. The van der Waals surface area contributed by atoms with Crippen molar-refractivity contribution in [2.75, 3.05) is 6.54 Å². The van der Waals surface area contributed by atoms with Crippen LogP contribution in [-0.2, 0) is 28.7 Å². The minimum absolute atomic E-state index is 0.207. The van der Waals surface area contributed by atoms with Crippen LogP contribution in [0, 0.1) is 5.92 Å². The van der Waals surface area contributed by atoms with Crippen LogP contribution >= 0.6 is 0 Å². The average Bonchev–Trinajstić information content (AvgIpc) is 2.62. The number of ketones is 1. The summed E-state index contributed by atoms with van der Waals surface area (Å²) in [6.07, 6.45) is 5.56. The lowest BCUT2D eigenvalue weighted by Gasteiger charge is -2.43. The lowest BCUT2D eigenvalue weighted by molar-refractivity contribution is -0.166. The molecule has 0 radical (unpaired) electrons. The number of Topliss-reactive ketones (excluding diaryl/α,β-unsaturated/α-hetero) is 1. The molecule has 3 atom stereocenters. The number of imide groups is 1. The van der Waals surface area contributed by atoms with Gasteiger partial charge in [0.25, 0.3) is 0 Å². The number of ether oxygens (including phenoxy) is 2. The highest BCUT2D eigenvalue weighted by molar-refractivity contribution is 6.09. The Morgan fingerprint density at radius 3 is 2.66 bits per heavy atom. The Morgan fingerprint density at radius 2 is 2.00 bits per heavy atom. The number of allylic oxidation sites excluding steroid dienone is 3. The number of hydrogen-bond acceptors (Lipinski definition) is 7. The number of nitrogens with zero attached hydrogens (tertiary/aromatic N) is 1. The van der Waals surface area contributed by atoms with Crippen molar-refractivity contribution in [2.24, 2.45) is 5.92 Å². The third-order valence-electron chi connectivity index (χ3n) is 5.14. The van der Waals surface area contributed by atoms with Crippen molar-refractivity contribution in [2.45, 2.75) is 71.1 Å². The first-order valence-electron chi connectivity index (χ1n) is 9.96. The standard InChI is InChI=1S/C21H28N2O6/c1-12(24)23(11-17(26)29-21(2,3)4)20(27)18-15(25)10-9-14-19(18)28-16-8-6-5-7-13(16)22-14/h5,7,14,18-19,22H,6,8-11H2,1-4H3. The first-order valence-corrected chi connectivity index (χ1v) is 9.96. The molecule has 8 heteroatoms. The molecule has 0 aromatic rings. The van der Waals surface area contributed by atoms with Crippen LogP contribution in [0.2, 0.25) is 0 Å². The Morgan fingerprint density at radius 1 is 1.28 bits per heavy atom. The van der Waals surface area contributed by atoms with Crippen LogP contribution in [-0.4, -0.2) is 52.8 Å². The lowest BCUT2D eigenvalue weighted by Crippen LogP contribution is -2.59. The van der Waals surface area contributed by atoms with Crippen molar-refractivity contribution in [1.82, 2.24) is 10.2 Å². The molecule has 2 aliphatic carbocycles. The van der Waals surface area contributed by atoms with Gasteiger partial charge in [0.2, 0.25) is 11.8 Å². The van der Waals surface area contributed by atoms with E-state index in [9.17, 15) is 19.2 Å². The van der Waals surface area contributed by atoms with E-state index < -0.39 is 42.0 Å². The van der Waals surface area contributed by atoms with Gasteiger partial charge in [-0.3, -0.25) is 24.1 Å². The SMILES string of the molecule is CC(=O)N(CC(=O)OC(C)(C)C)C(=O)C1C(=O)CCC2NC3=C(CCC=C3)OC21. The van der Waals surface area contributed by atoms with E-state index in [0.717, 1.165) is 22.8 Å². The van der Waals surface area contributed by atoms with E-state index in [1.165, 1.54) is 6.92 Å². The number of esters is 1. The van der Waals surface area contributed by atoms with Gasteiger partial charge in [-0.05, 0) is 39.7 Å². The highest BCUT2D eigenvalue weighted by Crippen LogP contribution is 2.35. The van der Waals surface area contributed by atoms with Crippen molar-refractivity contribution < 1.29 is 28.7 Å². The third-order valence-corrected chi connectivity index (χ3v) is 5.14. The number of nitrogens with one attached hydrogen (secondary N) is 1. The smallest absolute Gasteiger partial charge is 0.326 e. The number of carbonyl (C=O) groups excluding carboxylic acids is 4. The van der Waals surface area contributed by atoms with Gasteiger partial charge in [0, 0.05) is 19.8 Å². The van der Waals surface area contributed by atoms with Gasteiger partial charge in [-0.15, -0.1) is 0 Å². The molecule has 1 fully saturated rings. The quantitative estimate of drug-likeness (QED) is 0.563. The van der Waals surface area contributed by atoms with Gasteiger partial charge in [0.05, 0.1) is 11.7 Å². The van der Waals surface area contributed by atoms with E-state index in [1.54, 1.807) is 20.8 Å². The Bertz CT molecular complexity index is 791. The molecule has 0 aromatic carbocycles. The Labute approximate surface area is 170 Å². The predicted octanol–water partition coefficient (Wildman–Crippen LogP) is 1.60. The molecule has 3 aliphatic rings. The summed E-state index contributed by atoms with van der Waals surface area (Å²) >= 11 is 0. The molecule has 0 aromatic heterocycles. The third kappa shape index (κ3) is 4.68. The van der Waals surface area contributed by atoms with Crippen LogP contribution < -0.4 is 5.32 Å². The second-order valence-electron chi connectivity index (χ2n) is 8.62. The van der Waals surface area contributed by atoms with Crippen molar-refractivity contribution in [3.63, 3.8) is 0 Å². The molecule has 0 spiro atoms. The van der Waals surface area contributed by atoms with Gasteiger partial charge >= 0.3 is 5.97 Å². The van der Waals surface area contributed by atoms with Crippen LogP contribution in [0.5, 0.6) is 0 Å². The molecule has 3 rings (SSSR count). The first-order chi connectivity index (χ1) is 13.6. The number of carbonyl (C=O) groups is 4. The molecule has 2 amide bonds. The minimum atomic E-state index is -1.13. The number of hydrogen-bond donors (Lipinski definition) is 1. The summed E-state index contributed by atoms with van der Waals surface area (Å²) in [4.78, 5) is 51.0. The van der Waals surface area contributed by atoms with Crippen LogP contribution in [0.25, 0.3) is 0 Å². The second kappa shape index (κ2) is 8.00. The van der Waals surface area contributed by atoms with E-state index in [-0.39, 0.29) is 18.2 Å². The molecular formula is C21H28N2O6. The normalized spacial score (nSPS) is 25.9. The van der Waals surface area contributed by atoms with Crippen molar-refractivity contribution in [3.8, 4) is 0 Å². The minimum Gasteiger partial charge on any atom is -0.489 e. The molecule has 1 N–H and O–H groups in total. The molecule has 8 nitrogen and oxygen atoms in total. The van der Waals surface area contributed by atoms with Gasteiger partial charge in [-0.1, -0.05) is 6.08 Å². The summed E-state index contributed by atoms with van der Waals surface area (Å²) < 4.78 is 11.3. The maximum atomic E-state index is 13.2. The number of fused-ring (bicyclic) bond motifs is 1. The summed E-state index contributed by atoms with van der Waals surface area (Å²) in [5.41, 5.74) is 0.137. The molecule has 3 unspecified atom stereocenters. The van der Waals surface area contributed by atoms with Gasteiger partial charge in [0.1, 0.15) is 35.7 Å². The van der Waals surface area contributed by atoms with E-state index >= 15 is 0 Å². The van der Waals surface area contributed by atoms with Crippen LogP contribution in [0.3, 0.4) is 0 Å². The second-order valence-corrected chi connectivity index (χ2v) is 8.62. The van der Waals surface area contributed by atoms with E-state index in [1.807, 2.05) is 12.2 Å². The Hall–Kier alpha value is -2.64. The van der Waals surface area contributed by atoms with Crippen molar-refractivity contribution in [1.29, 1.82) is 0 Å². The Kier molecular flexibility index (Phi) is 5.82. The molecular weight excluding hydrogens is 376 g/mol. The van der Waals surface area contributed by atoms with Crippen LogP contribution in [0.4, 0.5) is 0 Å². The molecule has 0 saturated heterocycles. The number of rotatable bonds is 3. The van der Waals surface area contributed by atoms with Crippen LogP contribution in [0.1, 0.15) is 53.4 Å². The zero-order valence-electron chi connectivity index (χ0n) is 17.3. The van der Waals surface area contributed by atoms with E-state index in [0.29, 0.717) is 12.8 Å². The summed E-state index contributed by atoms with van der Waals surface area (Å²) in [6, 6.07) is -0.210. The zero-order valence-corrected chi connectivity index (χ0v) is 17.3.